The summed E-state index contributed by atoms with van der Waals surface area (Å²) in [6, 6.07) is 12.7. The van der Waals surface area contributed by atoms with Crippen molar-refractivity contribution in [2.45, 2.75) is 62.4 Å². The maximum atomic E-state index is 12.2. The predicted octanol–water partition coefficient (Wildman–Crippen LogP) is 5.88. The molecule has 0 N–H and O–H groups in total. The highest BCUT2D eigenvalue weighted by molar-refractivity contribution is 5.67. The van der Waals surface area contributed by atoms with Crippen LogP contribution in [0, 0.1) is 39.2 Å². The van der Waals surface area contributed by atoms with Crippen molar-refractivity contribution >= 4 is 11.8 Å². The smallest absolute Gasteiger partial charge is 0.395 e. The molecule has 1 aliphatic heterocycles. The number of ether oxygens (including phenoxy) is 3. The van der Waals surface area contributed by atoms with Crippen LogP contribution in [0.15, 0.2) is 48.5 Å². The summed E-state index contributed by atoms with van der Waals surface area (Å²) in [5.41, 5.74) is 1.59. The first-order valence-corrected chi connectivity index (χ1v) is 13.2. The largest absolute Gasteiger partial charge is 0.519 e. The van der Waals surface area contributed by atoms with Gasteiger partial charge < -0.3 is 14.2 Å². The van der Waals surface area contributed by atoms with Crippen molar-refractivity contribution in [3.8, 4) is 11.5 Å². The molecule has 3 spiro atoms. The van der Waals surface area contributed by atoms with Crippen LogP contribution in [0.3, 0.4) is 0 Å². The molecule has 1 saturated heterocycles. The van der Waals surface area contributed by atoms with Gasteiger partial charge in [-0.25, -0.2) is 4.79 Å². The summed E-state index contributed by atoms with van der Waals surface area (Å²) < 4.78 is 17.2. The minimum Gasteiger partial charge on any atom is -0.395 e. The lowest BCUT2D eigenvalue weighted by molar-refractivity contribution is -0.537. The van der Waals surface area contributed by atoms with Crippen molar-refractivity contribution in [3.63, 3.8) is 0 Å². The standard InChI is InChI=1S/C28H27NO8/c30-25(34-22-9-5-20(6-10-22)29(31)32)33-21-7-3-16(4-8-21)17-2-1-11-26(15-17)35-28(37-36-26)23-13-18-12-19-14-24(28)27(18,19)23/h3-10,17-19,23-24H,1-2,11-15H2/t17?,18?,19?,23?,24?,26-,27?,28?/m1/s1. The quantitative estimate of drug-likeness (QED) is 0.167. The molecule has 9 heteroatoms. The number of nitro benzene ring substituents is 1. The second-order valence-corrected chi connectivity index (χ2v) is 11.7. The Morgan fingerprint density at radius 3 is 2.19 bits per heavy atom. The van der Waals surface area contributed by atoms with Crippen LogP contribution in [0.25, 0.3) is 0 Å². The van der Waals surface area contributed by atoms with Crippen LogP contribution < -0.4 is 9.47 Å². The van der Waals surface area contributed by atoms with Gasteiger partial charge in [-0.05, 0) is 85.1 Å². The normalized spacial score (nSPS) is 41.9. The van der Waals surface area contributed by atoms with Crippen LogP contribution in [0.2, 0.25) is 0 Å². The highest BCUT2D eigenvalue weighted by Gasteiger charge is 2.93. The summed E-state index contributed by atoms with van der Waals surface area (Å²) in [5, 5.41) is 10.8. The molecule has 5 saturated carbocycles. The molecule has 6 atom stereocenters. The number of fused-ring (bicyclic) bond motifs is 2. The first-order valence-electron chi connectivity index (χ1n) is 13.2. The molecule has 6 aliphatic rings. The number of rotatable bonds is 4. The van der Waals surface area contributed by atoms with Gasteiger partial charge in [0, 0.05) is 36.8 Å². The average molecular weight is 506 g/mol. The molecule has 5 aliphatic carbocycles. The molecule has 2 aromatic rings. The SMILES string of the molecule is O=C(Oc1ccc(C2CCC[C@]3(C2)OOC2(O3)C3CC4CC5CC2C453)cc1)Oc1ccc([N+](=O)[O-])cc1. The fourth-order valence-corrected chi connectivity index (χ4v) is 8.77. The Morgan fingerprint density at radius 1 is 0.919 bits per heavy atom. The average Bonchev–Trinajstić information content (AvgIpc) is 3.22. The van der Waals surface area contributed by atoms with E-state index in [-0.39, 0.29) is 17.4 Å². The van der Waals surface area contributed by atoms with E-state index in [1.54, 1.807) is 12.1 Å². The molecule has 1 heterocycles. The van der Waals surface area contributed by atoms with E-state index in [0.29, 0.717) is 23.0 Å². The zero-order chi connectivity index (χ0) is 25.0. The number of non-ortho nitro benzene ring substituents is 1. The number of benzene rings is 2. The highest BCUT2D eigenvalue weighted by atomic mass is 17.3. The summed E-state index contributed by atoms with van der Waals surface area (Å²) in [6.07, 6.45) is 6.58. The second kappa shape index (κ2) is 7.30. The molecule has 0 amide bonds. The fraction of sp³-hybridized carbons (Fsp3) is 0.536. The Bertz CT molecular complexity index is 1270. The molecular weight excluding hydrogens is 478 g/mol. The van der Waals surface area contributed by atoms with Crippen LogP contribution in [0.1, 0.15) is 56.4 Å². The minimum absolute atomic E-state index is 0.0840. The maximum Gasteiger partial charge on any atom is 0.519 e. The van der Waals surface area contributed by atoms with Gasteiger partial charge >= 0.3 is 6.16 Å². The molecule has 0 radical (unpaired) electrons. The fourth-order valence-electron chi connectivity index (χ4n) is 8.77. The summed E-state index contributed by atoms with van der Waals surface area (Å²) in [7, 11) is 0. The maximum absolute atomic E-state index is 12.2. The first-order chi connectivity index (χ1) is 17.9. The number of hydrogen-bond acceptors (Lipinski definition) is 8. The summed E-state index contributed by atoms with van der Waals surface area (Å²) in [4.78, 5) is 34.5. The van der Waals surface area contributed by atoms with Gasteiger partial charge in [0.2, 0.25) is 11.6 Å². The highest BCUT2D eigenvalue weighted by Crippen LogP contribution is 2.92. The molecular formula is C28H27NO8. The van der Waals surface area contributed by atoms with Gasteiger partial charge in [-0.15, -0.1) is 0 Å². The van der Waals surface area contributed by atoms with Gasteiger partial charge in [0.25, 0.3) is 5.69 Å². The van der Waals surface area contributed by atoms with Crippen molar-refractivity contribution in [2.75, 3.05) is 0 Å². The van der Waals surface area contributed by atoms with Gasteiger partial charge in [0.15, 0.2) is 0 Å². The van der Waals surface area contributed by atoms with Gasteiger partial charge in [0.1, 0.15) is 11.5 Å². The lowest BCUT2D eigenvalue weighted by Gasteiger charge is -2.89. The number of carbonyl (C=O) groups excluding carboxylic acids is 1. The first kappa shape index (κ1) is 22.0. The number of nitrogens with zero attached hydrogens (tertiary/aromatic N) is 1. The molecule has 2 aromatic carbocycles. The predicted molar refractivity (Wildman–Crippen MR) is 126 cm³/mol. The van der Waals surface area contributed by atoms with Crippen molar-refractivity contribution in [2.24, 2.45) is 29.1 Å². The zero-order valence-corrected chi connectivity index (χ0v) is 20.2. The minimum atomic E-state index is -0.908. The monoisotopic (exact) mass is 505 g/mol. The Morgan fingerprint density at radius 2 is 1.57 bits per heavy atom. The Hall–Kier alpha value is -3.01. The van der Waals surface area contributed by atoms with E-state index in [9.17, 15) is 14.9 Å². The van der Waals surface area contributed by atoms with E-state index < -0.39 is 22.7 Å². The van der Waals surface area contributed by atoms with E-state index in [1.165, 1.54) is 43.5 Å². The second-order valence-electron chi connectivity index (χ2n) is 11.7. The van der Waals surface area contributed by atoms with E-state index >= 15 is 0 Å². The summed E-state index contributed by atoms with van der Waals surface area (Å²) >= 11 is 0. The summed E-state index contributed by atoms with van der Waals surface area (Å²) in [5.74, 6) is 2.45. The van der Waals surface area contributed by atoms with Crippen molar-refractivity contribution in [1.29, 1.82) is 0 Å². The van der Waals surface area contributed by atoms with Crippen LogP contribution in [-0.4, -0.2) is 22.7 Å². The van der Waals surface area contributed by atoms with E-state index in [4.69, 9.17) is 24.0 Å². The molecule has 37 heavy (non-hydrogen) atoms. The van der Waals surface area contributed by atoms with Crippen molar-refractivity contribution in [1.82, 2.24) is 0 Å². The number of nitro groups is 1. The zero-order valence-electron chi connectivity index (χ0n) is 20.2. The molecule has 0 bridgehead atoms. The van der Waals surface area contributed by atoms with Crippen LogP contribution in [-0.2, 0) is 14.5 Å². The van der Waals surface area contributed by atoms with Crippen molar-refractivity contribution in [3.05, 3.63) is 64.2 Å². The molecule has 6 fully saturated rings. The van der Waals surface area contributed by atoms with Gasteiger partial charge in [-0.2, -0.15) is 9.78 Å². The third-order valence-corrected chi connectivity index (χ3v) is 10.3. The Labute approximate surface area is 213 Å². The molecule has 5 unspecified atom stereocenters. The van der Waals surface area contributed by atoms with E-state index in [0.717, 1.165) is 43.1 Å². The topological polar surface area (TPSA) is 106 Å². The number of carbonyl (C=O) groups is 1. The molecule has 9 nitrogen and oxygen atoms in total. The Balaban J connectivity index is 0.903. The van der Waals surface area contributed by atoms with Crippen LogP contribution in [0.5, 0.6) is 11.5 Å². The van der Waals surface area contributed by atoms with E-state index in [2.05, 4.69) is 0 Å². The lowest BCUT2D eigenvalue weighted by atomic mass is 9.16. The van der Waals surface area contributed by atoms with Gasteiger partial charge in [-0.1, -0.05) is 12.1 Å². The summed E-state index contributed by atoms with van der Waals surface area (Å²) in [6.45, 7) is 0. The Kier molecular flexibility index (Phi) is 4.35. The lowest BCUT2D eigenvalue weighted by Crippen LogP contribution is -2.90. The third-order valence-electron chi connectivity index (χ3n) is 10.3. The van der Waals surface area contributed by atoms with Gasteiger partial charge in [0.05, 0.1) is 4.92 Å². The van der Waals surface area contributed by atoms with Crippen LogP contribution in [0.4, 0.5) is 10.5 Å². The molecule has 8 rings (SSSR count). The molecule has 0 aromatic heterocycles. The number of hydrogen-bond donors (Lipinski definition) is 0. The third kappa shape index (κ3) is 2.82. The van der Waals surface area contributed by atoms with Crippen molar-refractivity contribution < 1.29 is 33.7 Å². The van der Waals surface area contributed by atoms with Gasteiger partial charge in [-0.3, -0.25) is 10.1 Å². The van der Waals surface area contributed by atoms with E-state index in [1.807, 2.05) is 12.1 Å². The molecule has 192 valence electrons. The van der Waals surface area contributed by atoms with Crippen LogP contribution >= 0.6 is 0 Å².